The Hall–Kier alpha value is -2.64. The molecule has 3 aromatic rings. The van der Waals surface area contributed by atoms with Crippen molar-refractivity contribution >= 4 is 29.3 Å². The van der Waals surface area contributed by atoms with E-state index >= 15 is 0 Å². The number of carbonyl (C=O) groups is 1. The number of aromatic nitrogens is 1. The number of rotatable bonds is 7. The van der Waals surface area contributed by atoms with Crippen LogP contribution in [0, 0.1) is 11.6 Å². The number of carbonyl (C=O) groups excluding carboxylic acids is 1. The fourth-order valence-electron chi connectivity index (χ4n) is 3.91. The maximum absolute atomic E-state index is 14.0. The fraction of sp³-hybridized carbons (Fsp3) is 0.348. The van der Waals surface area contributed by atoms with Crippen molar-refractivity contribution in [1.82, 2.24) is 10.3 Å². The first-order chi connectivity index (χ1) is 14.5. The monoisotopic (exact) mass is 450 g/mol. The molecule has 0 spiro atoms. The molecule has 2 aromatic carbocycles. The normalized spacial score (nSPS) is 15.1. The van der Waals surface area contributed by atoms with Crippen molar-refractivity contribution in [2.75, 3.05) is 13.2 Å². The zero-order valence-corrected chi connectivity index (χ0v) is 18.0. The number of unbranched alkanes of at least 4 members (excludes halogenated alkanes) is 1. The molecule has 0 fully saturated rings. The summed E-state index contributed by atoms with van der Waals surface area (Å²) >= 11 is 0. The van der Waals surface area contributed by atoms with Crippen LogP contribution in [0.25, 0.3) is 10.9 Å². The summed E-state index contributed by atoms with van der Waals surface area (Å²) in [6.07, 6.45) is 5.21. The molecule has 1 unspecified atom stereocenters. The Bertz CT molecular complexity index is 1070. The molecule has 1 aliphatic rings. The van der Waals surface area contributed by atoms with Gasteiger partial charge in [0, 0.05) is 35.6 Å². The van der Waals surface area contributed by atoms with E-state index in [2.05, 4.69) is 10.3 Å². The maximum atomic E-state index is 14.0. The highest BCUT2D eigenvalue weighted by Gasteiger charge is 2.26. The van der Waals surface area contributed by atoms with Crippen molar-refractivity contribution in [3.8, 4) is 11.5 Å². The van der Waals surface area contributed by atoms with Gasteiger partial charge < -0.3 is 19.8 Å². The Labute approximate surface area is 185 Å². The van der Waals surface area contributed by atoms with E-state index in [1.165, 1.54) is 25.1 Å². The smallest absolute Gasteiger partial charge is 0.308 e. The molecule has 8 heteroatoms. The summed E-state index contributed by atoms with van der Waals surface area (Å²) in [5.74, 6) is -0.618. The minimum absolute atomic E-state index is 0. The highest BCUT2D eigenvalue weighted by molar-refractivity contribution is 5.85. The molecule has 0 radical (unpaired) electrons. The van der Waals surface area contributed by atoms with Crippen molar-refractivity contribution in [2.45, 2.75) is 38.6 Å². The lowest BCUT2D eigenvalue weighted by Gasteiger charge is -2.27. The average molecular weight is 451 g/mol. The number of aromatic amines is 1. The van der Waals surface area contributed by atoms with E-state index < -0.39 is 11.8 Å². The van der Waals surface area contributed by atoms with Crippen molar-refractivity contribution in [1.29, 1.82) is 0 Å². The molecule has 0 bridgehead atoms. The fourth-order valence-corrected chi connectivity index (χ4v) is 3.91. The van der Waals surface area contributed by atoms with Crippen molar-refractivity contribution in [3.63, 3.8) is 0 Å². The summed E-state index contributed by atoms with van der Waals surface area (Å²) in [4.78, 5) is 14.5. The predicted molar refractivity (Wildman–Crippen MR) is 117 cm³/mol. The number of halogens is 3. The molecule has 0 saturated heterocycles. The van der Waals surface area contributed by atoms with E-state index in [1.54, 1.807) is 12.1 Å². The number of ether oxygens (including phenoxy) is 2. The van der Waals surface area contributed by atoms with Crippen molar-refractivity contribution in [2.24, 2.45) is 0 Å². The van der Waals surface area contributed by atoms with E-state index in [0.29, 0.717) is 24.3 Å². The Balaban J connectivity index is 0.00000272. The first-order valence-electron chi connectivity index (χ1n) is 10.1. The van der Waals surface area contributed by atoms with E-state index in [-0.39, 0.29) is 30.0 Å². The van der Waals surface area contributed by atoms with Crippen molar-refractivity contribution < 1.29 is 23.0 Å². The van der Waals surface area contributed by atoms with Crippen LogP contribution in [0.3, 0.4) is 0 Å². The lowest BCUT2D eigenvalue weighted by Crippen LogP contribution is -2.40. The molecule has 0 saturated carbocycles. The number of nitrogens with one attached hydrogen (secondary N) is 2. The van der Waals surface area contributed by atoms with Gasteiger partial charge in [-0.3, -0.25) is 4.79 Å². The SMILES string of the molecule is CC(=O)Oc1ccc(F)c2c1CC(NCCCCc1c[nH]c3ccc(F)cc13)CO2.Cl. The second kappa shape index (κ2) is 10.1. The second-order valence-electron chi connectivity index (χ2n) is 7.57. The first kappa shape index (κ1) is 23.0. The van der Waals surface area contributed by atoms with Crippen LogP contribution in [0.2, 0.25) is 0 Å². The van der Waals surface area contributed by atoms with E-state index in [4.69, 9.17) is 9.47 Å². The molecule has 1 aliphatic heterocycles. The quantitative estimate of drug-likeness (QED) is 0.311. The third-order valence-corrected chi connectivity index (χ3v) is 5.34. The van der Waals surface area contributed by atoms with Gasteiger partial charge in [-0.15, -0.1) is 12.4 Å². The topological polar surface area (TPSA) is 63.3 Å². The minimum Gasteiger partial charge on any atom is -0.488 e. The largest absolute Gasteiger partial charge is 0.488 e. The first-order valence-corrected chi connectivity index (χ1v) is 10.1. The Morgan fingerprint density at radius 1 is 1.26 bits per heavy atom. The molecule has 0 aliphatic carbocycles. The Kier molecular flexibility index (Phi) is 7.51. The number of aryl methyl sites for hydroxylation is 1. The van der Waals surface area contributed by atoms with Gasteiger partial charge in [0.15, 0.2) is 11.6 Å². The molecular weight excluding hydrogens is 426 g/mol. The summed E-state index contributed by atoms with van der Waals surface area (Å²) in [7, 11) is 0. The van der Waals surface area contributed by atoms with Gasteiger partial charge in [0.1, 0.15) is 18.2 Å². The van der Waals surface area contributed by atoms with Crippen LogP contribution in [-0.4, -0.2) is 30.1 Å². The molecule has 4 rings (SSSR count). The summed E-state index contributed by atoms with van der Waals surface area (Å²) < 4.78 is 38.3. The maximum Gasteiger partial charge on any atom is 0.308 e. The zero-order valence-electron chi connectivity index (χ0n) is 17.2. The standard InChI is InChI=1S/C23H24F2N2O3.ClH/c1-14(28)30-22-8-6-20(25)23-19(22)11-17(13-29-23)26-9-3-2-4-15-12-27-21-7-5-16(24)10-18(15)21;/h5-8,10,12,17,26-27H,2-4,9,11,13H2,1H3;1H. The van der Waals surface area contributed by atoms with E-state index in [1.807, 2.05) is 6.20 Å². The van der Waals surface area contributed by atoms with Crippen LogP contribution in [0.15, 0.2) is 36.5 Å². The average Bonchev–Trinajstić information content (AvgIpc) is 3.12. The van der Waals surface area contributed by atoms with Gasteiger partial charge in [0.2, 0.25) is 0 Å². The van der Waals surface area contributed by atoms with Crippen molar-refractivity contribution in [3.05, 3.63) is 59.3 Å². The minimum atomic E-state index is -0.450. The lowest BCUT2D eigenvalue weighted by molar-refractivity contribution is -0.131. The Morgan fingerprint density at radius 3 is 2.90 bits per heavy atom. The van der Waals surface area contributed by atoms with E-state index in [9.17, 15) is 13.6 Å². The van der Waals surface area contributed by atoms with Gasteiger partial charge in [-0.05, 0) is 68.1 Å². The van der Waals surface area contributed by atoms with Gasteiger partial charge >= 0.3 is 5.97 Å². The van der Waals surface area contributed by atoms with E-state index in [0.717, 1.165) is 42.3 Å². The molecule has 2 heterocycles. The summed E-state index contributed by atoms with van der Waals surface area (Å²) in [5.41, 5.74) is 2.63. The predicted octanol–water partition coefficient (Wildman–Crippen LogP) is 4.71. The summed E-state index contributed by atoms with van der Waals surface area (Å²) in [6, 6.07) is 7.50. The highest BCUT2D eigenvalue weighted by Crippen LogP contribution is 2.35. The number of benzene rings is 2. The van der Waals surface area contributed by atoms with Crippen LogP contribution in [0.4, 0.5) is 8.78 Å². The summed E-state index contributed by atoms with van der Waals surface area (Å²) in [5, 5.41) is 4.36. The Morgan fingerprint density at radius 2 is 2.10 bits per heavy atom. The second-order valence-corrected chi connectivity index (χ2v) is 7.57. The molecule has 31 heavy (non-hydrogen) atoms. The van der Waals surface area contributed by atoms with Crippen LogP contribution < -0.4 is 14.8 Å². The molecule has 1 atom stereocenters. The zero-order chi connectivity index (χ0) is 21.1. The highest BCUT2D eigenvalue weighted by atomic mass is 35.5. The number of H-pyrrole nitrogens is 1. The number of hydrogen-bond donors (Lipinski definition) is 2. The van der Waals surface area contributed by atoms with Gasteiger partial charge in [-0.2, -0.15) is 0 Å². The van der Waals surface area contributed by atoms with Crippen LogP contribution in [0.1, 0.15) is 30.9 Å². The lowest BCUT2D eigenvalue weighted by atomic mass is 10.0. The van der Waals surface area contributed by atoms with Gasteiger partial charge in [-0.1, -0.05) is 0 Å². The molecule has 2 N–H and O–H groups in total. The van der Waals surface area contributed by atoms with Gasteiger partial charge in [0.25, 0.3) is 0 Å². The number of fused-ring (bicyclic) bond motifs is 2. The van der Waals surface area contributed by atoms with Crippen LogP contribution in [0.5, 0.6) is 11.5 Å². The van der Waals surface area contributed by atoms with Gasteiger partial charge in [0.05, 0.1) is 0 Å². The molecule has 1 aromatic heterocycles. The third kappa shape index (κ3) is 5.35. The summed E-state index contributed by atoms with van der Waals surface area (Å²) in [6.45, 7) is 2.45. The molecular formula is C23H25ClF2N2O3. The van der Waals surface area contributed by atoms with Gasteiger partial charge in [-0.25, -0.2) is 8.78 Å². The van der Waals surface area contributed by atoms with Crippen LogP contribution in [-0.2, 0) is 17.6 Å². The molecule has 166 valence electrons. The molecule has 0 amide bonds. The third-order valence-electron chi connectivity index (χ3n) is 5.34. The van der Waals surface area contributed by atoms with Crippen LogP contribution >= 0.6 is 12.4 Å². The number of esters is 1. The molecule has 5 nitrogen and oxygen atoms in total. The number of hydrogen-bond acceptors (Lipinski definition) is 4.